The molecule has 2 aliphatic heterocycles. The number of carbonyl (C=O) groups excluding carboxylic acids is 1. The summed E-state index contributed by atoms with van der Waals surface area (Å²) < 4.78 is 19.6. The highest BCUT2D eigenvalue weighted by Gasteiger charge is 2.52. The van der Waals surface area contributed by atoms with Gasteiger partial charge in [0, 0.05) is 31.5 Å². The maximum absolute atomic E-state index is 13.1. The predicted octanol–water partition coefficient (Wildman–Crippen LogP) is 5.53. The minimum atomic E-state index is -1.06. The van der Waals surface area contributed by atoms with Crippen molar-refractivity contribution < 1.29 is 28.6 Å². The number of anilines is 1. The van der Waals surface area contributed by atoms with Crippen molar-refractivity contribution in [2.75, 3.05) is 12.4 Å². The Morgan fingerprint density at radius 3 is 2.68 bits per heavy atom. The number of aromatic amines is 1. The molecule has 5 rings (SSSR count). The van der Waals surface area contributed by atoms with Crippen LogP contribution in [-0.2, 0) is 15.9 Å². The lowest BCUT2D eigenvalue weighted by Gasteiger charge is -2.53. The zero-order chi connectivity index (χ0) is 27.2. The van der Waals surface area contributed by atoms with E-state index >= 15 is 0 Å². The van der Waals surface area contributed by atoms with Crippen LogP contribution in [0, 0.1) is 23.7 Å². The molecule has 2 aliphatic rings. The highest BCUT2D eigenvalue weighted by Crippen LogP contribution is 2.48. The van der Waals surface area contributed by atoms with Crippen LogP contribution < -0.4 is 5.32 Å². The zero-order valence-electron chi connectivity index (χ0n) is 22.6. The molecule has 2 aromatic heterocycles. The highest BCUT2D eigenvalue weighted by atomic mass is 16.7. The molecule has 4 heterocycles. The molecule has 2 saturated heterocycles. The van der Waals surface area contributed by atoms with Crippen molar-refractivity contribution in [3.05, 3.63) is 47.6 Å². The molecule has 3 aromatic rings. The van der Waals surface area contributed by atoms with Gasteiger partial charge in [0.2, 0.25) is 0 Å². The van der Waals surface area contributed by atoms with Crippen LogP contribution in [0.25, 0.3) is 11.1 Å². The zero-order valence-corrected chi connectivity index (χ0v) is 22.6. The lowest BCUT2D eigenvalue weighted by atomic mass is 9.75. The van der Waals surface area contributed by atoms with E-state index in [1.165, 1.54) is 0 Å². The van der Waals surface area contributed by atoms with E-state index in [-0.39, 0.29) is 47.2 Å². The fraction of sp³-hybridized carbons (Fsp3) is 0.552. The Morgan fingerprint density at radius 1 is 1.21 bits per heavy atom. The number of aromatic carboxylic acids is 1. The average molecular weight is 524 g/mol. The minimum absolute atomic E-state index is 0.0407. The Labute approximate surface area is 222 Å². The molecule has 0 bridgehead atoms. The number of carboxylic acid groups (broad SMARTS) is 1. The molecular weight excluding hydrogens is 486 g/mol. The van der Waals surface area contributed by atoms with Crippen LogP contribution in [-0.4, -0.2) is 51.9 Å². The van der Waals surface area contributed by atoms with E-state index in [9.17, 15) is 14.7 Å². The Hall–Kier alpha value is -3.17. The number of aromatic nitrogens is 2. The van der Waals surface area contributed by atoms with Gasteiger partial charge in [0.25, 0.3) is 0 Å². The Kier molecular flexibility index (Phi) is 7.09. The van der Waals surface area contributed by atoms with Gasteiger partial charge in [-0.2, -0.15) is 0 Å². The molecule has 0 amide bonds. The second-order valence-electron chi connectivity index (χ2n) is 11.1. The number of nitrogens with one attached hydrogen (secondary N) is 2. The molecule has 1 aromatic carbocycles. The molecule has 0 saturated carbocycles. The van der Waals surface area contributed by atoms with Crippen molar-refractivity contribution in [3.63, 3.8) is 0 Å². The molecule has 2 fully saturated rings. The van der Waals surface area contributed by atoms with Gasteiger partial charge < -0.3 is 29.3 Å². The van der Waals surface area contributed by atoms with Gasteiger partial charge >= 0.3 is 5.97 Å². The SMILES string of the molecule is CNc1ccc2oc(C[C@@H]3OC4(CC[C@@H]3C)O[C@H](C(C)C(=O)c3ccc[nH]3)[C@H](C)C[C@H]4C)nc2c1C(=O)O. The minimum Gasteiger partial charge on any atom is -0.478 e. The molecule has 9 heteroatoms. The molecule has 0 aliphatic carbocycles. The number of carboxylic acids is 1. The molecular formula is C29H37N3O6. The van der Waals surface area contributed by atoms with Crippen molar-refractivity contribution in [1.82, 2.24) is 9.97 Å². The topological polar surface area (TPSA) is 127 Å². The molecule has 0 radical (unpaired) electrons. The van der Waals surface area contributed by atoms with E-state index in [0.717, 1.165) is 19.3 Å². The van der Waals surface area contributed by atoms with Crippen molar-refractivity contribution in [2.45, 2.75) is 71.4 Å². The quantitative estimate of drug-likeness (QED) is 0.345. The number of H-pyrrole nitrogens is 1. The summed E-state index contributed by atoms with van der Waals surface area (Å²) in [5.74, 6) is -1.11. The largest absolute Gasteiger partial charge is 0.478 e. The molecule has 2 unspecified atom stereocenters. The molecule has 7 atom stereocenters. The summed E-state index contributed by atoms with van der Waals surface area (Å²) in [5, 5.41) is 12.7. The van der Waals surface area contributed by atoms with Crippen molar-refractivity contribution >= 4 is 28.5 Å². The third-order valence-electron chi connectivity index (χ3n) is 8.54. The van der Waals surface area contributed by atoms with Gasteiger partial charge in [-0.25, -0.2) is 9.78 Å². The van der Waals surface area contributed by atoms with E-state index in [1.54, 1.807) is 31.4 Å². The highest BCUT2D eigenvalue weighted by molar-refractivity contribution is 6.06. The molecule has 204 valence electrons. The summed E-state index contributed by atoms with van der Waals surface area (Å²) in [6.45, 7) is 8.39. The van der Waals surface area contributed by atoms with Gasteiger partial charge in [-0.3, -0.25) is 4.79 Å². The number of Topliss-reactive ketones (excluding diaryl/α,β-unsaturated/α-hetero) is 1. The number of hydrogen-bond acceptors (Lipinski definition) is 7. The maximum Gasteiger partial charge on any atom is 0.340 e. The summed E-state index contributed by atoms with van der Waals surface area (Å²) in [6, 6.07) is 7.05. The number of benzene rings is 1. The van der Waals surface area contributed by atoms with E-state index in [0.29, 0.717) is 34.8 Å². The normalized spacial score (nSPS) is 30.4. The lowest BCUT2D eigenvalue weighted by Crippen LogP contribution is -2.58. The first-order chi connectivity index (χ1) is 18.1. The number of oxazole rings is 1. The first-order valence-electron chi connectivity index (χ1n) is 13.5. The van der Waals surface area contributed by atoms with Crippen LogP contribution in [0.4, 0.5) is 5.69 Å². The van der Waals surface area contributed by atoms with Crippen molar-refractivity contribution in [2.24, 2.45) is 23.7 Å². The molecule has 9 nitrogen and oxygen atoms in total. The first-order valence-corrected chi connectivity index (χ1v) is 13.5. The summed E-state index contributed by atoms with van der Waals surface area (Å²) in [7, 11) is 1.68. The molecule has 38 heavy (non-hydrogen) atoms. The number of ketones is 1. The third kappa shape index (κ3) is 4.62. The summed E-state index contributed by atoms with van der Waals surface area (Å²) in [6.07, 6.45) is 4.22. The van der Waals surface area contributed by atoms with Gasteiger partial charge in [-0.1, -0.05) is 27.7 Å². The lowest BCUT2D eigenvalue weighted by molar-refractivity contribution is -0.355. The van der Waals surface area contributed by atoms with E-state index in [4.69, 9.17) is 13.9 Å². The van der Waals surface area contributed by atoms with Crippen LogP contribution in [0.5, 0.6) is 0 Å². The van der Waals surface area contributed by atoms with Crippen molar-refractivity contribution in [3.8, 4) is 0 Å². The van der Waals surface area contributed by atoms with Crippen LogP contribution in [0.2, 0.25) is 0 Å². The van der Waals surface area contributed by atoms with Crippen molar-refractivity contribution in [1.29, 1.82) is 0 Å². The fourth-order valence-electron chi connectivity index (χ4n) is 6.27. The van der Waals surface area contributed by atoms with E-state index in [1.807, 2.05) is 13.0 Å². The number of carbonyl (C=O) groups is 2. The number of nitrogens with zero attached hydrogens (tertiary/aromatic N) is 1. The van der Waals surface area contributed by atoms with Crippen LogP contribution >= 0.6 is 0 Å². The van der Waals surface area contributed by atoms with Gasteiger partial charge in [0.15, 0.2) is 23.0 Å². The Morgan fingerprint density at radius 2 is 2.00 bits per heavy atom. The Balaban J connectivity index is 1.39. The van der Waals surface area contributed by atoms with Gasteiger partial charge in [0.05, 0.1) is 30.0 Å². The molecule has 3 N–H and O–H groups in total. The van der Waals surface area contributed by atoms with E-state index < -0.39 is 11.8 Å². The summed E-state index contributed by atoms with van der Waals surface area (Å²) in [5.41, 5.74) is 1.93. The number of hydrogen-bond donors (Lipinski definition) is 3. The number of fused-ring (bicyclic) bond motifs is 1. The van der Waals surface area contributed by atoms with Gasteiger partial charge in [-0.15, -0.1) is 0 Å². The second kappa shape index (κ2) is 10.2. The summed E-state index contributed by atoms with van der Waals surface area (Å²) >= 11 is 0. The van der Waals surface area contributed by atoms with E-state index in [2.05, 4.69) is 36.1 Å². The average Bonchev–Trinajstić information content (AvgIpc) is 3.57. The standard InChI is InChI=1S/C29H37N3O6/c1-15-10-11-29(17(3)13-16(2)27(38-29)18(4)26(33)20-7-6-12-31-20)37-22(15)14-23-32-25-21(36-23)9-8-19(30-5)24(25)28(34)35/h6-9,12,15-18,22,27,30-31H,10-11,13-14H2,1-5H3,(H,34,35)/t15-,16+,17+,18?,22-,27-,29?/m0/s1. The van der Waals surface area contributed by atoms with Gasteiger partial charge in [0.1, 0.15) is 11.1 Å². The number of ether oxygens (including phenoxy) is 2. The monoisotopic (exact) mass is 523 g/mol. The third-order valence-corrected chi connectivity index (χ3v) is 8.54. The van der Waals surface area contributed by atoms with Crippen LogP contribution in [0.3, 0.4) is 0 Å². The molecule has 1 spiro atoms. The second-order valence-corrected chi connectivity index (χ2v) is 11.1. The van der Waals surface area contributed by atoms with Crippen LogP contribution in [0.1, 0.15) is 73.7 Å². The number of rotatable bonds is 7. The summed E-state index contributed by atoms with van der Waals surface area (Å²) in [4.78, 5) is 32.7. The predicted molar refractivity (Wildman–Crippen MR) is 142 cm³/mol. The maximum atomic E-state index is 13.1. The Bertz CT molecular complexity index is 1320. The fourth-order valence-corrected chi connectivity index (χ4v) is 6.27. The van der Waals surface area contributed by atoms with Crippen LogP contribution in [0.15, 0.2) is 34.9 Å². The smallest absolute Gasteiger partial charge is 0.340 e. The van der Waals surface area contributed by atoms with Gasteiger partial charge in [-0.05, 0) is 48.9 Å². The first kappa shape index (κ1) is 26.4.